The summed E-state index contributed by atoms with van der Waals surface area (Å²) in [5, 5.41) is 1.06. The molecule has 0 unspecified atom stereocenters. The van der Waals surface area contributed by atoms with Gasteiger partial charge in [-0.1, -0.05) is 66.7 Å². The van der Waals surface area contributed by atoms with Crippen LogP contribution in [-0.4, -0.2) is 6.29 Å². The van der Waals surface area contributed by atoms with E-state index in [0.29, 0.717) is 15.6 Å². The molecule has 2 aromatic carbocycles. The van der Waals surface area contributed by atoms with Crippen LogP contribution in [0.1, 0.15) is 21.5 Å². The highest BCUT2D eigenvalue weighted by Gasteiger charge is 2.13. The second kappa shape index (κ2) is 6.08. The minimum Gasteiger partial charge on any atom is -0.298 e. The van der Waals surface area contributed by atoms with Crippen molar-refractivity contribution in [3.05, 3.63) is 70.2 Å². The molecule has 20 heavy (non-hydrogen) atoms. The second-order valence-corrected chi connectivity index (χ2v) is 5.02. The molecule has 0 heterocycles. The van der Waals surface area contributed by atoms with Crippen molar-refractivity contribution in [2.24, 2.45) is 0 Å². The van der Waals surface area contributed by atoms with E-state index >= 15 is 0 Å². The number of carbonyl (C=O) groups is 1. The van der Waals surface area contributed by atoms with Gasteiger partial charge in [-0.2, -0.15) is 0 Å². The van der Waals surface area contributed by atoms with Crippen molar-refractivity contribution in [1.29, 1.82) is 0 Å². The summed E-state index contributed by atoms with van der Waals surface area (Å²) in [7, 11) is 0. The molecule has 0 aliphatic rings. The Labute approximate surface area is 128 Å². The molecular weight excluding hydrogens is 291 g/mol. The molecule has 0 amide bonds. The molecule has 1 nitrogen and oxygen atoms in total. The standard InChI is InChI=1S/C17H12Cl2O/c1-3-11-5-7-14(16(10-20)13(11)4-2)15-8-6-12(18)9-17(15)19/h3-10H,1-2H2. The van der Waals surface area contributed by atoms with E-state index < -0.39 is 0 Å². The summed E-state index contributed by atoms with van der Waals surface area (Å²) in [6.45, 7) is 7.50. The highest BCUT2D eigenvalue weighted by Crippen LogP contribution is 2.34. The number of halogens is 2. The van der Waals surface area contributed by atoms with Gasteiger partial charge in [-0.3, -0.25) is 4.79 Å². The predicted octanol–water partition coefficient (Wildman–Crippen LogP) is 5.76. The molecule has 0 saturated heterocycles. The van der Waals surface area contributed by atoms with Crippen molar-refractivity contribution in [2.75, 3.05) is 0 Å². The first kappa shape index (κ1) is 14.6. The van der Waals surface area contributed by atoms with E-state index in [1.165, 1.54) is 0 Å². The third-order valence-corrected chi connectivity index (χ3v) is 3.63. The first-order valence-electron chi connectivity index (χ1n) is 5.94. The fourth-order valence-corrected chi connectivity index (χ4v) is 2.64. The summed E-state index contributed by atoms with van der Waals surface area (Å²) in [6, 6.07) is 8.93. The van der Waals surface area contributed by atoms with Crippen LogP contribution in [0.4, 0.5) is 0 Å². The Morgan fingerprint density at radius 2 is 1.60 bits per heavy atom. The largest absolute Gasteiger partial charge is 0.298 e. The Hall–Kier alpha value is -1.83. The second-order valence-electron chi connectivity index (χ2n) is 4.18. The van der Waals surface area contributed by atoms with E-state index in [9.17, 15) is 4.79 Å². The van der Waals surface area contributed by atoms with Gasteiger partial charge in [0.25, 0.3) is 0 Å². The maximum atomic E-state index is 11.5. The molecule has 0 atom stereocenters. The Morgan fingerprint density at radius 1 is 0.900 bits per heavy atom. The first-order valence-corrected chi connectivity index (χ1v) is 6.70. The van der Waals surface area contributed by atoms with Gasteiger partial charge in [0.2, 0.25) is 0 Å². The quantitative estimate of drug-likeness (QED) is 0.656. The highest BCUT2D eigenvalue weighted by molar-refractivity contribution is 6.36. The van der Waals surface area contributed by atoms with Crippen LogP contribution in [0.15, 0.2) is 43.5 Å². The lowest BCUT2D eigenvalue weighted by Gasteiger charge is -2.12. The van der Waals surface area contributed by atoms with Gasteiger partial charge in [0.1, 0.15) is 0 Å². The van der Waals surface area contributed by atoms with Gasteiger partial charge in [-0.25, -0.2) is 0 Å². The number of benzene rings is 2. The average Bonchev–Trinajstić information content (AvgIpc) is 2.45. The zero-order chi connectivity index (χ0) is 14.7. The molecule has 0 saturated carbocycles. The van der Waals surface area contributed by atoms with Crippen LogP contribution in [-0.2, 0) is 0 Å². The van der Waals surface area contributed by atoms with Crippen LogP contribution in [0.3, 0.4) is 0 Å². The minimum absolute atomic E-state index is 0.502. The third-order valence-electron chi connectivity index (χ3n) is 3.08. The van der Waals surface area contributed by atoms with Crippen molar-refractivity contribution in [3.8, 4) is 11.1 Å². The number of aldehydes is 1. The van der Waals surface area contributed by atoms with Crippen molar-refractivity contribution in [2.45, 2.75) is 0 Å². The molecule has 0 bridgehead atoms. The average molecular weight is 303 g/mol. The molecule has 0 aromatic heterocycles. The predicted molar refractivity (Wildman–Crippen MR) is 87.5 cm³/mol. The summed E-state index contributed by atoms with van der Waals surface area (Å²) in [6.07, 6.45) is 4.15. The minimum atomic E-state index is 0.502. The van der Waals surface area contributed by atoms with E-state index in [0.717, 1.165) is 28.5 Å². The molecule has 3 heteroatoms. The summed E-state index contributed by atoms with van der Waals surface area (Å²) in [5.74, 6) is 0. The molecule has 100 valence electrons. The molecule has 0 spiro atoms. The smallest absolute Gasteiger partial charge is 0.151 e. The molecule has 0 N–H and O–H groups in total. The monoisotopic (exact) mass is 302 g/mol. The normalized spacial score (nSPS) is 10.1. The molecule has 0 aliphatic carbocycles. The van der Waals surface area contributed by atoms with Gasteiger partial charge >= 0.3 is 0 Å². The van der Waals surface area contributed by atoms with E-state index in [1.807, 2.05) is 12.1 Å². The van der Waals surface area contributed by atoms with Crippen LogP contribution in [0.5, 0.6) is 0 Å². The van der Waals surface area contributed by atoms with Crippen molar-refractivity contribution < 1.29 is 4.79 Å². The lowest BCUT2D eigenvalue weighted by Crippen LogP contribution is -1.95. The fourth-order valence-electron chi connectivity index (χ4n) is 2.13. The number of carbonyl (C=O) groups excluding carboxylic acids is 1. The number of hydrogen-bond acceptors (Lipinski definition) is 1. The molecule has 2 aromatic rings. The number of hydrogen-bond donors (Lipinski definition) is 0. The van der Waals surface area contributed by atoms with E-state index in [4.69, 9.17) is 23.2 Å². The van der Waals surface area contributed by atoms with Gasteiger partial charge in [0.15, 0.2) is 6.29 Å². The highest BCUT2D eigenvalue weighted by atomic mass is 35.5. The van der Waals surface area contributed by atoms with Gasteiger partial charge in [-0.05, 0) is 28.8 Å². The van der Waals surface area contributed by atoms with Crippen LogP contribution < -0.4 is 0 Å². The Morgan fingerprint density at radius 3 is 2.15 bits per heavy atom. The SMILES string of the molecule is C=Cc1ccc(-c2ccc(Cl)cc2Cl)c(C=O)c1C=C. The Bertz CT molecular complexity index is 702. The lowest BCUT2D eigenvalue weighted by molar-refractivity contribution is 0.112. The summed E-state index contributed by atoms with van der Waals surface area (Å²) < 4.78 is 0. The van der Waals surface area contributed by atoms with Crippen LogP contribution in [0.2, 0.25) is 10.0 Å². The first-order chi connectivity index (χ1) is 9.62. The van der Waals surface area contributed by atoms with Crippen LogP contribution >= 0.6 is 23.2 Å². The summed E-state index contributed by atoms with van der Waals surface area (Å²) in [5.41, 5.74) is 3.66. The van der Waals surface area contributed by atoms with E-state index in [1.54, 1.807) is 30.4 Å². The van der Waals surface area contributed by atoms with Gasteiger partial charge < -0.3 is 0 Å². The zero-order valence-corrected chi connectivity index (χ0v) is 12.2. The van der Waals surface area contributed by atoms with Crippen molar-refractivity contribution >= 4 is 41.6 Å². The number of rotatable bonds is 4. The summed E-state index contributed by atoms with van der Waals surface area (Å²) >= 11 is 12.1. The van der Waals surface area contributed by atoms with Gasteiger partial charge in [0, 0.05) is 21.2 Å². The van der Waals surface area contributed by atoms with Crippen molar-refractivity contribution in [3.63, 3.8) is 0 Å². The topological polar surface area (TPSA) is 17.1 Å². The molecule has 0 aliphatic heterocycles. The zero-order valence-electron chi connectivity index (χ0n) is 10.7. The van der Waals surface area contributed by atoms with E-state index in [2.05, 4.69) is 13.2 Å². The maximum absolute atomic E-state index is 11.5. The van der Waals surface area contributed by atoms with Gasteiger partial charge in [0.05, 0.1) is 0 Å². The lowest BCUT2D eigenvalue weighted by atomic mass is 9.92. The third kappa shape index (κ3) is 2.55. The molecule has 0 radical (unpaired) electrons. The Kier molecular flexibility index (Phi) is 4.43. The van der Waals surface area contributed by atoms with Crippen LogP contribution in [0, 0.1) is 0 Å². The fraction of sp³-hybridized carbons (Fsp3) is 0. The van der Waals surface area contributed by atoms with E-state index in [-0.39, 0.29) is 0 Å². The molecular formula is C17H12Cl2O. The Balaban J connectivity index is 2.77. The summed E-state index contributed by atoms with van der Waals surface area (Å²) in [4.78, 5) is 11.5. The van der Waals surface area contributed by atoms with Crippen LogP contribution in [0.25, 0.3) is 23.3 Å². The van der Waals surface area contributed by atoms with Crippen molar-refractivity contribution in [1.82, 2.24) is 0 Å². The molecule has 2 rings (SSSR count). The molecule has 0 fully saturated rings. The maximum Gasteiger partial charge on any atom is 0.151 e. The van der Waals surface area contributed by atoms with Gasteiger partial charge in [-0.15, -0.1) is 0 Å².